The fourth-order valence-corrected chi connectivity index (χ4v) is 3.92. The topological polar surface area (TPSA) is 15.3 Å². The lowest BCUT2D eigenvalue weighted by molar-refractivity contribution is 0.0868. The van der Waals surface area contributed by atoms with Crippen molar-refractivity contribution in [1.82, 2.24) is 10.2 Å². The van der Waals surface area contributed by atoms with Crippen LogP contribution in [0, 0.1) is 0 Å². The van der Waals surface area contributed by atoms with Crippen LogP contribution in [0.25, 0.3) is 0 Å². The van der Waals surface area contributed by atoms with E-state index in [1.54, 1.807) is 0 Å². The highest BCUT2D eigenvalue weighted by Crippen LogP contribution is 2.25. The summed E-state index contributed by atoms with van der Waals surface area (Å²) < 4.78 is 1.21. The fourth-order valence-electron chi connectivity index (χ4n) is 2.44. The van der Waals surface area contributed by atoms with Gasteiger partial charge in [-0.15, -0.1) is 11.3 Å². The molecule has 0 radical (unpaired) electrons. The third-order valence-corrected chi connectivity index (χ3v) is 5.07. The van der Waals surface area contributed by atoms with Crippen molar-refractivity contribution in [2.45, 2.75) is 45.3 Å². The van der Waals surface area contributed by atoms with Crippen molar-refractivity contribution in [1.29, 1.82) is 0 Å². The van der Waals surface area contributed by atoms with Gasteiger partial charge in [-0.25, -0.2) is 0 Å². The first-order valence-corrected chi connectivity index (χ1v) is 7.89. The Morgan fingerprint density at radius 3 is 2.94 bits per heavy atom. The van der Waals surface area contributed by atoms with E-state index in [0.29, 0.717) is 6.04 Å². The minimum Gasteiger partial charge on any atom is -0.309 e. The number of thiophene rings is 1. The summed E-state index contributed by atoms with van der Waals surface area (Å²) >= 11 is 5.38. The van der Waals surface area contributed by atoms with Crippen molar-refractivity contribution in [3.8, 4) is 0 Å². The molecule has 1 saturated heterocycles. The molecule has 0 spiro atoms. The SMILES string of the molecule is CCC1CNC(C)(C)CN1Cc1cc(Br)cs1. The normalized spacial score (nSPS) is 25.1. The van der Waals surface area contributed by atoms with Crippen LogP contribution >= 0.6 is 27.3 Å². The zero-order valence-corrected chi connectivity index (χ0v) is 13.2. The molecule has 1 aromatic heterocycles. The standard InChI is InChI=1S/C13H21BrN2S/c1-4-11-6-15-13(2,3)9-16(11)7-12-5-10(14)8-17-12/h5,8,11,15H,4,6-7,9H2,1-3H3. The maximum Gasteiger partial charge on any atom is 0.0332 e. The van der Waals surface area contributed by atoms with Crippen molar-refractivity contribution < 1.29 is 0 Å². The van der Waals surface area contributed by atoms with Gasteiger partial charge in [-0.2, -0.15) is 0 Å². The summed E-state index contributed by atoms with van der Waals surface area (Å²) in [6, 6.07) is 2.91. The smallest absolute Gasteiger partial charge is 0.0332 e. The van der Waals surface area contributed by atoms with Gasteiger partial charge >= 0.3 is 0 Å². The van der Waals surface area contributed by atoms with Crippen molar-refractivity contribution in [2.24, 2.45) is 0 Å². The van der Waals surface area contributed by atoms with E-state index in [4.69, 9.17) is 0 Å². The molecule has 2 heterocycles. The molecule has 96 valence electrons. The van der Waals surface area contributed by atoms with Crippen LogP contribution in [0.15, 0.2) is 15.9 Å². The average Bonchev–Trinajstić information content (AvgIpc) is 2.63. The Balaban J connectivity index is 2.05. The molecule has 1 aliphatic heterocycles. The number of hydrogen-bond donors (Lipinski definition) is 1. The van der Waals surface area contributed by atoms with Gasteiger partial charge in [0.15, 0.2) is 0 Å². The molecule has 1 N–H and O–H groups in total. The highest BCUT2D eigenvalue weighted by atomic mass is 79.9. The van der Waals surface area contributed by atoms with Gasteiger partial charge in [0, 0.05) is 45.9 Å². The van der Waals surface area contributed by atoms with E-state index in [2.05, 4.69) is 58.4 Å². The van der Waals surface area contributed by atoms with E-state index < -0.39 is 0 Å². The van der Waals surface area contributed by atoms with E-state index in [1.165, 1.54) is 15.8 Å². The Morgan fingerprint density at radius 2 is 2.35 bits per heavy atom. The maximum atomic E-state index is 3.63. The Kier molecular flexibility index (Phi) is 4.29. The van der Waals surface area contributed by atoms with Gasteiger partial charge in [-0.05, 0) is 42.3 Å². The van der Waals surface area contributed by atoms with E-state index in [0.717, 1.165) is 19.6 Å². The van der Waals surface area contributed by atoms with Crippen LogP contribution in [0.3, 0.4) is 0 Å². The zero-order chi connectivity index (χ0) is 12.5. The predicted octanol–water partition coefficient (Wildman–Crippen LogP) is 3.47. The molecule has 0 aromatic carbocycles. The van der Waals surface area contributed by atoms with Crippen LogP contribution in [0.2, 0.25) is 0 Å². The Morgan fingerprint density at radius 1 is 1.59 bits per heavy atom. The number of nitrogens with zero attached hydrogens (tertiary/aromatic N) is 1. The van der Waals surface area contributed by atoms with Gasteiger partial charge in [0.05, 0.1) is 0 Å². The number of hydrogen-bond acceptors (Lipinski definition) is 3. The van der Waals surface area contributed by atoms with Gasteiger partial charge in [-0.1, -0.05) is 6.92 Å². The number of nitrogens with one attached hydrogen (secondary N) is 1. The van der Waals surface area contributed by atoms with Crippen LogP contribution < -0.4 is 5.32 Å². The number of halogens is 1. The third kappa shape index (κ3) is 3.53. The second-order valence-corrected chi connectivity index (χ2v) is 7.37. The molecule has 1 aliphatic rings. The molecule has 2 rings (SSSR count). The molecule has 17 heavy (non-hydrogen) atoms. The first kappa shape index (κ1) is 13.5. The molecular formula is C13H21BrN2S. The van der Waals surface area contributed by atoms with Crippen LogP contribution in [-0.4, -0.2) is 29.6 Å². The minimum absolute atomic E-state index is 0.236. The molecule has 0 bridgehead atoms. The lowest BCUT2D eigenvalue weighted by atomic mass is 9.97. The molecule has 2 nitrogen and oxygen atoms in total. The van der Waals surface area contributed by atoms with E-state index in [9.17, 15) is 0 Å². The lowest BCUT2D eigenvalue weighted by Gasteiger charge is -2.44. The molecular weight excluding hydrogens is 296 g/mol. The van der Waals surface area contributed by atoms with Crippen LogP contribution in [0.5, 0.6) is 0 Å². The minimum atomic E-state index is 0.236. The van der Waals surface area contributed by atoms with Gasteiger partial charge in [-0.3, -0.25) is 4.90 Å². The van der Waals surface area contributed by atoms with E-state index in [1.807, 2.05) is 11.3 Å². The van der Waals surface area contributed by atoms with Crippen molar-refractivity contribution in [3.63, 3.8) is 0 Å². The second-order valence-electron chi connectivity index (χ2n) is 5.46. The number of piperazine rings is 1. The summed E-state index contributed by atoms with van der Waals surface area (Å²) in [5.74, 6) is 0. The molecule has 1 fully saturated rings. The third-order valence-electron chi connectivity index (χ3n) is 3.38. The lowest BCUT2D eigenvalue weighted by Crippen LogP contribution is -2.60. The van der Waals surface area contributed by atoms with Crippen molar-refractivity contribution in [2.75, 3.05) is 13.1 Å². The average molecular weight is 317 g/mol. The quantitative estimate of drug-likeness (QED) is 0.918. The van der Waals surface area contributed by atoms with Crippen LogP contribution in [0.1, 0.15) is 32.1 Å². The summed E-state index contributed by atoms with van der Waals surface area (Å²) in [7, 11) is 0. The summed E-state index contributed by atoms with van der Waals surface area (Å²) in [5, 5.41) is 5.80. The van der Waals surface area contributed by atoms with Crippen molar-refractivity contribution >= 4 is 27.3 Å². The summed E-state index contributed by atoms with van der Waals surface area (Å²) in [6.07, 6.45) is 1.22. The van der Waals surface area contributed by atoms with E-state index >= 15 is 0 Å². The highest BCUT2D eigenvalue weighted by Gasteiger charge is 2.31. The molecule has 0 saturated carbocycles. The molecule has 4 heteroatoms. The predicted molar refractivity (Wildman–Crippen MR) is 78.6 cm³/mol. The highest BCUT2D eigenvalue weighted by molar-refractivity contribution is 9.10. The first-order chi connectivity index (χ1) is 8.00. The van der Waals surface area contributed by atoms with E-state index in [-0.39, 0.29) is 5.54 Å². The fraction of sp³-hybridized carbons (Fsp3) is 0.692. The van der Waals surface area contributed by atoms with Gasteiger partial charge in [0.1, 0.15) is 0 Å². The number of rotatable bonds is 3. The van der Waals surface area contributed by atoms with Crippen molar-refractivity contribution in [3.05, 3.63) is 20.8 Å². The first-order valence-electron chi connectivity index (χ1n) is 6.22. The zero-order valence-electron chi connectivity index (χ0n) is 10.8. The Hall–Kier alpha value is 0.1000. The Labute approximate surface area is 117 Å². The molecule has 1 unspecified atom stereocenters. The summed E-state index contributed by atoms with van der Waals surface area (Å²) in [4.78, 5) is 4.07. The van der Waals surface area contributed by atoms with Gasteiger partial charge in [0.25, 0.3) is 0 Å². The summed E-state index contributed by atoms with van der Waals surface area (Å²) in [6.45, 7) is 10.2. The van der Waals surface area contributed by atoms with Crippen LogP contribution in [0.4, 0.5) is 0 Å². The monoisotopic (exact) mass is 316 g/mol. The molecule has 1 aromatic rings. The van der Waals surface area contributed by atoms with Gasteiger partial charge < -0.3 is 5.32 Å². The largest absolute Gasteiger partial charge is 0.309 e. The maximum absolute atomic E-state index is 3.63. The Bertz CT molecular complexity index is 375. The van der Waals surface area contributed by atoms with Gasteiger partial charge in [0.2, 0.25) is 0 Å². The van der Waals surface area contributed by atoms with Crippen LogP contribution in [-0.2, 0) is 6.54 Å². The molecule has 0 aliphatic carbocycles. The summed E-state index contributed by atoms with van der Waals surface area (Å²) in [5.41, 5.74) is 0.236. The second kappa shape index (κ2) is 5.39. The molecule has 1 atom stereocenters. The molecule has 0 amide bonds.